The molecule has 0 saturated carbocycles. The maximum atomic E-state index is 12.2. The Morgan fingerprint density at radius 2 is 1.45 bits per heavy atom. The third-order valence-electron chi connectivity index (χ3n) is 3.99. The van der Waals surface area contributed by atoms with Gasteiger partial charge in [-0.3, -0.25) is 30.6 Å². The van der Waals surface area contributed by atoms with Crippen molar-refractivity contribution in [1.82, 2.24) is 10.9 Å². The van der Waals surface area contributed by atoms with Gasteiger partial charge in [-0.25, -0.2) is 0 Å². The van der Waals surface area contributed by atoms with Crippen molar-refractivity contribution >= 4 is 17.5 Å². The van der Waals surface area contributed by atoms with E-state index in [1.807, 2.05) is 42.5 Å². The number of ether oxygens (including phenoxy) is 1. The van der Waals surface area contributed by atoms with E-state index in [-0.39, 0.29) is 11.4 Å². The van der Waals surface area contributed by atoms with Gasteiger partial charge in [-0.2, -0.15) is 0 Å². The molecule has 0 aliphatic rings. The summed E-state index contributed by atoms with van der Waals surface area (Å²) < 4.78 is 5.16. The topological polar surface area (TPSA) is 111 Å². The van der Waals surface area contributed by atoms with E-state index in [1.165, 1.54) is 18.2 Å². The van der Waals surface area contributed by atoms with E-state index in [0.717, 1.165) is 11.1 Å². The Morgan fingerprint density at radius 1 is 0.828 bits per heavy atom. The number of para-hydroxylation sites is 2. The highest BCUT2D eigenvalue weighted by Gasteiger charge is 2.15. The maximum absolute atomic E-state index is 12.2. The van der Waals surface area contributed by atoms with Gasteiger partial charge >= 0.3 is 5.69 Å². The summed E-state index contributed by atoms with van der Waals surface area (Å²) in [6, 6.07) is 22.3. The minimum absolute atomic E-state index is 0.0320. The molecule has 3 aromatic carbocycles. The summed E-state index contributed by atoms with van der Waals surface area (Å²) in [5, 5.41) is 10.9. The lowest BCUT2D eigenvalue weighted by molar-refractivity contribution is -0.385. The number of rotatable bonds is 6. The molecule has 0 bridgehead atoms. The highest BCUT2D eigenvalue weighted by molar-refractivity contribution is 5.95. The third-order valence-corrected chi connectivity index (χ3v) is 3.99. The van der Waals surface area contributed by atoms with Crippen LogP contribution in [0.4, 0.5) is 5.69 Å². The van der Waals surface area contributed by atoms with Crippen LogP contribution in [-0.2, 0) is 4.79 Å². The van der Waals surface area contributed by atoms with Gasteiger partial charge in [0.1, 0.15) is 0 Å². The largest absolute Gasteiger partial charge is 0.477 e. The number of nitrogens with one attached hydrogen (secondary N) is 2. The molecule has 3 aromatic rings. The number of hydrogen-bond acceptors (Lipinski definition) is 5. The van der Waals surface area contributed by atoms with Gasteiger partial charge in [0.2, 0.25) is 0 Å². The second kappa shape index (κ2) is 9.14. The summed E-state index contributed by atoms with van der Waals surface area (Å²) in [5.41, 5.74) is 6.60. The van der Waals surface area contributed by atoms with Crippen LogP contribution in [0.1, 0.15) is 10.4 Å². The fourth-order valence-electron chi connectivity index (χ4n) is 2.55. The van der Waals surface area contributed by atoms with Gasteiger partial charge in [0, 0.05) is 11.6 Å². The normalized spacial score (nSPS) is 10.1. The van der Waals surface area contributed by atoms with Crippen molar-refractivity contribution in [3.05, 3.63) is 94.5 Å². The van der Waals surface area contributed by atoms with Gasteiger partial charge in [-0.05, 0) is 29.3 Å². The predicted octanol–water partition coefficient (Wildman–Crippen LogP) is 3.10. The molecule has 0 unspecified atom stereocenters. The van der Waals surface area contributed by atoms with E-state index < -0.39 is 23.3 Å². The fourth-order valence-corrected chi connectivity index (χ4v) is 2.55. The Hall–Kier alpha value is -4.20. The van der Waals surface area contributed by atoms with Crippen LogP contribution in [0.2, 0.25) is 0 Å². The Morgan fingerprint density at radius 3 is 2.14 bits per heavy atom. The molecule has 3 rings (SSSR count). The molecule has 0 atom stereocenters. The number of nitrogens with zero attached hydrogens (tertiary/aromatic N) is 1. The van der Waals surface area contributed by atoms with E-state index in [2.05, 4.69) is 10.9 Å². The monoisotopic (exact) mass is 391 g/mol. The maximum Gasteiger partial charge on any atom is 0.310 e. The number of carbonyl (C=O) groups is 2. The quantitative estimate of drug-likeness (QED) is 0.495. The van der Waals surface area contributed by atoms with Gasteiger partial charge < -0.3 is 4.74 Å². The number of hydrogen-bond donors (Lipinski definition) is 2. The van der Waals surface area contributed by atoms with E-state index >= 15 is 0 Å². The lowest BCUT2D eigenvalue weighted by Gasteiger charge is -2.09. The van der Waals surface area contributed by atoms with Crippen LogP contribution in [0.5, 0.6) is 5.75 Å². The van der Waals surface area contributed by atoms with E-state index in [4.69, 9.17) is 4.74 Å². The molecule has 0 fully saturated rings. The SMILES string of the molecule is O=C(COc1ccccc1[N+](=O)[O-])NNC(=O)c1ccc(-c2ccccc2)cc1. The molecule has 29 heavy (non-hydrogen) atoms. The molecule has 0 spiro atoms. The highest BCUT2D eigenvalue weighted by Crippen LogP contribution is 2.25. The molecule has 2 N–H and O–H groups in total. The summed E-state index contributed by atoms with van der Waals surface area (Å²) >= 11 is 0. The second-order valence-electron chi connectivity index (χ2n) is 5.96. The van der Waals surface area contributed by atoms with Crippen molar-refractivity contribution < 1.29 is 19.2 Å². The molecule has 0 radical (unpaired) electrons. The lowest BCUT2D eigenvalue weighted by Crippen LogP contribution is -2.43. The number of nitro benzene ring substituents is 1. The van der Waals surface area contributed by atoms with Crippen LogP contribution in [-0.4, -0.2) is 23.3 Å². The van der Waals surface area contributed by atoms with Gasteiger partial charge in [-0.15, -0.1) is 0 Å². The van der Waals surface area contributed by atoms with Crippen molar-refractivity contribution in [2.45, 2.75) is 0 Å². The van der Waals surface area contributed by atoms with Crippen molar-refractivity contribution in [2.24, 2.45) is 0 Å². The van der Waals surface area contributed by atoms with E-state index in [1.54, 1.807) is 18.2 Å². The standard InChI is InChI=1S/C21H17N3O5/c25-20(14-29-19-9-5-4-8-18(19)24(27)28)22-23-21(26)17-12-10-16(11-13-17)15-6-2-1-3-7-15/h1-13H,14H2,(H,22,25)(H,23,26). The van der Waals surface area contributed by atoms with Crippen LogP contribution in [0.15, 0.2) is 78.9 Å². The molecular formula is C21H17N3O5. The summed E-state index contributed by atoms with van der Waals surface area (Å²) in [6.45, 7) is -0.488. The Bertz CT molecular complexity index is 1020. The number of benzene rings is 3. The number of carbonyl (C=O) groups excluding carboxylic acids is 2. The minimum Gasteiger partial charge on any atom is -0.477 e. The first kappa shape index (κ1) is 19.6. The van der Waals surface area contributed by atoms with Gasteiger partial charge in [0.15, 0.2) is 12.4 Å². The average Bonchev–Trinajstić information content (AvgIpc) is 2.77. The molecule has 8 nitrogen and oxygen atoms in total. The number of amides is 2. The first-order valence-electron chi connectivity index (χ1n) is 8.65. The van der Waals surface area contributed by atoms with Crippen molar-refractivity contribution in [3.8, 4) is 16.9 Å². The zero-order valence-electron chi connectivity index (χ0n) is 15.2. The molecule has 0 aliphatic heterocycles. The van der Waals surface area contributed by atoms with Crippen LogP contribution in [0, 0.1) is 10.1 Å². The molecule has 0 aromatic heterocycles. The van der Waals surface area contributed by atoms with E-state index in [0.29, 0.717) is 5.56 Å². The molecular weight excluding hydrogens is 374 g/mol. The third kappa shape index (κ3) is 5.16. The minimum atomic E-state index is -0.655. The molecule has 0 aliphatic carbocycles. The summed E-state index contributed by atoms with van der Waals surface area (Å²) in [7, 11) is 0. The molecule has 0 saturated heterocycles. The summed E-state index contributed by atoms with van der Waals surface area (Å²) in [6.07, 6.45) is 0. The smallest absolute Gasteiger partial charge is 0.310 e. The second-order valence-corrected chi connectivity index (χ2v) is 5.96. The molecule has 8 heteroatoms. The van der Waals surface area contributed by atoms with Crippen LogP contribution >= 0.6 is 0 Å². The number of hydrazine groups is 1. The zero-order valence-corrected chi connectivity index (χ0v) is 15.2. The molecule has 146 valence electrons. The highest BCUT2D eigenvalue weighted by atomic mass is 16.6. The van der Waals surface area contributed by atoms with Gasteiger partial charge in [-0.1, -0.05) is 54.6 Å². The van der Waals surface area contributed by atoms with Crippen LogP contribution < -0.4 is 15.6 Å². The first-order valence-corrected chi connectivity index (χ1v) is 8.65. The van der Waals surface area contributed by atoms with Crippen molar-refractivity contribution in [2.75, 3.05) is 6.61 Å². The van der Waals surface area contributed by atoms with Crippen LogP contribution in [0.3, 0.4) is 0 Å². The average molecular weight is 391 g/mol. The van der Waals surface area contributed by atoms with Gasteiger partial charge in [0.05, 0.1) is 4.92 Å². The van der Waals surface area contributed by atoms with Crippen molar-refractivity contribution in [1.29, 1.82) is 0 Å². The molecule has 0 heterocycles. The summed E-state index contributed by atoms with van der Waals surface area (Å²) in [5.74, 6) is -1.18. The fraction of sp³-hybridized carbons (Fsp3) is 0.0476. The van der Waals surface area contributed by atoms with Crippen LogP contribution in [0.25, 0.3) is 11.1 Å². The van der Waals surface area contributed by atoms with Crippen molar-refractivity contribution in [3.63, 3.8) is 0 Å². The Balaban J connectivity index is 1.51. The summed E-state index contributed by atoms with van der Waals surface area (Å²) in [4.78, 5) is 34.3. The van der Waals surface area contributed by atoms with Gasteiger partial charge in [0.25, 0.3) is 11.8 Å². The van der Waals surface area contributed by atoms with E-state index in [9.17, 15) is 19.7 Å². The molecule has 2 amide bonds. The first-order chi connectivity index (χ1) is 14.0. The Labute approximate surface area is 166 Å². The lowest BCUT2D eigenvalue weighted by atomic mass is 10.0. The zero-order chi connectivity index (χ0) is 20.6. The predicted molar refractivity (Wildman–Crippen MR) is 106 cm³/mol. The number of nitro groups is 1. The Kier molecular flexibility index (Phi) is 6.16.